The predicted molar refractivity (Wildman–Crippen MR) is 118 cm³/mol. The third-order valence-electron chi connectivity index (χ3n) is 5.60. The molecule has 0 bridgehead atoms. The fraction of sp³-hybridized carbons (Fsp3) is 0.280. The highest BCUT2D eigenvalue weighted by Gasteiger charge is 2.18. The number of benzene rings is 2. The van der Waals surface area contributed by atoms with Crippen LogP contribution in [0.4, 0.5) is 0 Å². The second kappa shape index (κ2) is 8.67. The van der Waals surface area contributed by atoms with Gasteiger partial charge in [0.15, 0.2) is 0 Å². The molecular weight excluding hydrogens is 374 g/mol. The Bertz CT molecular complexity index is 1140. The average Bonchev–Trinajstić information content (AvgIpc) is 3.27. The van der Waals surface area contributed by atoms with Gasteiger partial charge in [0.25, 0.3) is 0 Å². The van der Waals surface area contributed by atoms with E-state index < -0.39 is 0 Å². The first-order chi connectivity index (χ1) is 14.5. The van der Waals surface area contributed by atoms with E-state index >= 15 is 0 Å². The first kappa shape index (κ1) is 20.1. The smallest absolute Gasteiger partial charge is 0.218 e. The molecule has 0 N–H and O–H groups in total. The fourth-order valence-corrected chi connectivity index (χ4v) is 3.55. The minimum atomic E-state index is 0.112. The van der Waals surface area contributed by atoms with Crippen LogP contribution in [-0.4, -0.2) is 22.1 Å². The summed E-state index contributed by atoms with van der Waals surface area (Å²) in [6.07, 6.45) is 1.61. The summed E-state index contributed by atoms with van der Waals surface area (Å²) >= 11 is 0. The maximum absolute atomic E-state index is 6.24. The number of pyridine rings is 1. The Morgan fingerprint density at radius 3 is 2.63 bits per heavy atom. The molecular formula is C25H27N3O2. The molecule has 2 heterocycles. The van der Waals surface area contributed by atoms with Crippen molar-refractivity contribution in [1.29, 1.82) is 0 Å². The lowest BCUT2D eigenvalue weighted by atomic mass is 10.1. The number of aryl methyl sites for hydroxylation is 2. The fourth-order valence-electron chi connectivity index (χ4n) is 3.55. The summed E-state index contributed by atoms with van der Waals surface area (Å²) in [5, 5.41) is 5.21. The van der Waals surface area contributed by atoms with Gasteiger partial charge in [-0.2, -0.15) is 0 Å². The SMILES string of the molecule is Cc1ccc2nc(OCc3ccccc3C)c(CN(C)C(C)c3ccon3)cc2c1. The Kier molecular flexibility index (Phi) is 5.81. The monoisotopic (exact) mass is 401 g/mol. The molecule has 0 aliphatic rings. The number of rotatable bonds is 7. The number of ether oxygens (including phenoxy) is 1. The molecule has 5 heteroatoms. The maximum atomic E-state index is 6.24. The van der Waals surface area contributed by atoms with Crippen molar-refractivity contribution in [2.24, 2.45) is 0 Å². The number of fused-ring (bicyclic) bond motifs is 1. The summed E-state index contributed by atoms with van der Waals surface area (Å²) < 4.78 is 11.3. The van der Waals surface area contributed by atoms with Gasteiger partial charge in [0.2, 0.25) is 5.88 Å². The number of hydrogen-bond donors (Lipinski definition) is 0. The van der Waals surface area contributed by atoms with Gasteiger partial charge in [-0.05, 0) is 57.1 Å². The van der Waals surface area contributed by atoms with E-state index in [1.54, 1.807) is 6.26 Å². The van der Waals surface area contributed by atoms with E-state index in [0.717, 1.165) is 22.2 Å². The molecule has 0 aliphatic heterocycles. The molecule has 30 heavy (non-hydrogen) atoms. The van der Waals surface area contributed by atoms with Crippen LogP contribution in [-0.2, 0) is 13.2 Å². The van der Waals surface area contributed by atoms with Crippen molar-refractivity contribution in [1.82, 2.24) is 15.0 Å². The van der Waals surface area contributed by atoms with Gasteiger partial charge in [-0.25, -0.2) is 4.98 Å². The van der Waals surface area contributed by atoms with E-state index in [1.165, 1.54) is 16.7 Å². The summed E-state index contributed by atoms with van der Waals surface area (Å²) in [6.45, 7) is 7.50. The van der Waals surface area contributed by atoms with Crippen molar-refractivity contribution in [2.45, 2.75) is 40.0 Å². The quantitative estimate of drug-likeness (QED) is 0.403. The zero-order valence-corrected chi connectivity index (χ0v) is 17.9. The highest BCUT2D eigenvalue weighted by Crippen LogP contribution is 2.28. The Morgan fingerprint density at radius 2 is 1.87 bits per heavy atom. The van der Waals surface area contributed by atoms with Crippen molar-refractivity contribution < 1.29 is 9.26 Å². The minimum absolute atomic E-state index is 0.112. The number of hydrogen-bond acceptors (Lipinski definition) is 5. The molecule has 154 valence electrons. The van der Waals surface area contributed by atoms with E-state index in [2.05, 4.69) is 74.3 Å². The summed E-state index contributed by atoms with van der Waals surface area (Å²) in [6, 6.07) is 18.8. The molecule has 4 rings (SSSR count). The molecule has 0 fully saturated rings. The zero-order valence-electron chi connectivity index (χ0n) is 17.9. The molecule has 0 saturated heterocycles. The molecule has 4 aromatic rings. The van der Waals surface area contributed by atoms with E-state index in [0.29, 0.717) is 19.0 Å². The largest absolute Gasteiger partial charge is 0.473 e. The van der Waals surface area contributed by atoms with Gasteiger partial charge in [-0.3, -0.25) is 4.90 Å². The van der Waals surface area contributed by atoms with Gasteiger partial charge in [0.1, 0.15) is 18.6 Å². The van der Waals surface area contributed by atoms with E-state index in [1.807, 2.05) is 18.2 Å². The zero-order chi connectivity index (χ0) is 21.1. The van der Waals surface area contributed by atoms with Crippen LogP contribution in [0.5, 0.6) is 5.88 Å². The summed E-state index contributed by atoms with van der Waals surface area (Å²) in [4.78, 5) is 7.07. The van der Waals surface area contributed by atoms with Crippen LogP contribution >= 0.6 is 0 Å². The highest BCUT2D eigenvalue weighted by atomic mass is 16.5. The molecule has 0 amide bonds. The molecule has 0 aliphatic carbocycles. The third kappa shape index (κ3) is 4.36. The van der Waals surface area contributed by atoms with Crippen molar-refractivity contribution in [2.75, 3.05) is 7.05 Å². The molecule has 1 unspecified atom stereocenters. The lowest BCUT2D eigenvalue weighted by molar-refractivity contribution is 0.230. The molecule has 0 saturated carbocycles. The standard InChI is InChI=1S/C25H27N3O2/c1-17-9-10-24-21(13-17)14-22(15-28(4)19(3)23-11-12-30-27-23)25(26-24)29-16-20-8-6-5-7-18(20)2/h5-14,19H,15-16H2,1-4H3. The Labute approximate surface area is 177 Å². The lowest BCUT2D eigenvalue weighted by Gasteiger charge is -2.24. The van der Waals surface area contributed by atoms with Crippen LogP contribution in [0.1, 0.15) is 40.9 Å². The average molecular weight is 402 g/mol. The van der Waals surface area contributed by atoms with Crippen LogP contribution in [0.2, 0.25) is 0 Å². The van der Waals surface area contributed by atoms with Gasteiger partial charge in [-0.15, -0.1) is 0 Å². The maximum Gasteiger partial charge on any atom is 0.218 e. The molecule has 0 radical (unpaired) electrons. The number of aromatic nitrogens is 2. The third-order valence-corrected chi connectivity index (χ3v) is 5.60. The molecule has 2 aromatic heterocycles. The van der Waals surface area contributed by atoms with Crippen LogP contribution in [0, 0.1) is 13.8 Å². The number of nitrogens with zero attached hydrogens (tertiary/aromatic N) is 3. The molecule has 2 aromatic carbocycles. The van der Waals surface area contributed by atoms with Crippen LogP contribution in [0.15, 0.2) is 65.4 Å². The molecule has 5 nitrogen and oxygen atoms in total. The minimum Gasteiger partial charge on any atom is -0.473 e. The molecule has 0 spiro atoms. The Hall–Kier alpha value is -3.18. The van der Waals surface area contributed by atoms with Crippen LogP contribution in [0.25, 0.3) is 10.9 Å². The van der Waals surface area contributed by atoms with E-state index in [-0.39, 0.29) is 6.04 Å². The van der Waals surface area contributed by atoms with Gasteiger partial charge < -0.3 is 9.26 Å². The summed E-state index contributed by atoms with van der Waals surface area (Å²) in [5.74, 6) is 0.675. The Balaban J connectivity index is 1.64. The first-order valence-corrected chi connectivity index (χ1v) is 10.2. The van der Waals surface area contributed by atoms with Crippen molar-refractivity contribution in [3.05, 3.63) is 88.8 Å². The second-order valence-electron chi connectivity index (χ2n) is 7.88. The van der Waals surface area contributed by atoms with Crippen molar-refractivity contribution >= 4 is 10.9 Å². The summed E-state index contributed by atoms with van der Waals surface area (Å²) in [5.41, 5.74) is 6.50. The van der Waals surface area contributed by atoms with Gasteiger partial charge in [-0.1, -0.05) is 41.1 Å². The van der Waals surface area contributed by atoms with E-state index in [9.17, 15) is 0 Å². The van der Waals surface area contributed by atoms with Crippen molar-refractivity contribution in [3.8, 4) is 5.88 Å². The van der Waals surface area contributed by atoms with Crippen LogP contribution in [0.3, 0.4) is 0 Å². The lowest BCUT2D eigenvalue weighted by Crippen LogP contribution is -2.22. The highest BCUT2D eigenvalue weighted by molar-refractivity contribution is 5.80. The second-order valence-corrected chi connectivity index (χ2v) is 7.88. The van der Waals surface area contributed by atoms with Gasteiger partial charge in [0, 0.05) is 23.6 Å². The first-order valence-electron chi connectivity index (χ1n) is 10.2. The predicted octanol–water partition coefficient (Wildman–Crippen LogP) is 5.61. The topological polar surface area (TPSA) is 51.4 Å². The summed E-state index contributed by atoms with van der Waals surface area (Å²) in [7, 11) is 2.07. The van der Waals surface area contributed by atoms with Crippen LogP contribution < -0.4 is 4.74 Å². The van der Waals surface area contributed by atoms with Gasteiger partial charge in [0.05, 0.1) is 11.6 Å². The van der Waals surface area contributed by atoms with Crippen molar-refractivity contribution in [3.63, 3.8) is 0 Å². The molecule has 1 atom stereocenters. The van der Waals surface area contributed by atoms with E-state index in [4.69, 9.17) is 14.2 Å². The normalized spacial score (nSPS) is 12.4. The van der Waals surface area contributed by atoms with Gasteiger partial charge >= 0.3 is 0 Å². The Morgan fingerprint density at radius 1 is 1.03 bits per heavy atom.